The van der Waals surface area contributed by atoms with Crippen LogP contribution in [-0.2, 0) is 11.3 Å². The second kappa shape index (κ2) is 12.7. The van der Waals surface area contributed by atoms with Crippen molar-refractivity contribution in [2.24, 2.45) is 5.29 Å². The summed E-state index contributed by atoms with van der Waals surface area (Å²) in [7, 11) is 3.21. The van der Waals surface area contributed by atoms with Gasteiger partial charge < -0.3 is 9.47 Å². The first-order valence-corrected chi connectivity index (χ1v) is 9.23. The van der Waals surface area contributed by atoms with Gasteiger partial charge in [-0.05, 0) is 53.9 Å². The van der Waals surface area contributed by atoms with Crippen LogP contribution in [0, 0.1) is 4.91 Å². The van der Waals surface area contributed by atoms with Crippen LogP contribution < -0.4 is 14.9 Å². The number of nitrogens with one attached hydrogen (secondary N) is 1. The summed E-state index contributed by atoms with van der Waals surface area (Å²) in [6, 6.07) is 15.1. The topological polar surface area (TPSA) is 80.2 Å². The molecule has 1 amide bonds. The minimum absolute atomic E-state index is 0.0223. The largest absolute Gasteiger partial charge is 0.497 e. The molecule has 8 heteroatoms. The van der Waals surface area contributed by atoms with Gasteiger partial charge in [0.15, 0.2) is 0 Å². The van der Waals surface area contributed by atoms with Gasteiger partial charge in [-0.15, -0.1) is 4.91 Å². The van der Waals surface area contributed by atoms with Crippen LogP contribution in [0.4, 0.5) is 0 Å². The molecule has 0 saturated heterocycles. The van der Waals surface area contributed by atoms with E-state index in [2.05, 4.69) is 5.29 Å². The second-order valence-electron chi connectivity index (χ2n) is 5.04. The number of benzene rings is 2. The molecular weight excluding hydrogens is 366 g/mol. The predicted octanol–water partition coefficient (Wildman–Crippen LogP) is 4.04. The lowest BCUT2D eigenvalue weighted by Crippen LogP contribution is -2.30. The fraction of sp³-hybridized carbons (Fsp3) is 0.316. The SMILES string of the molecule is CC.COc1ccc(CN(CC(=O)NN=O)Sc2ccc(OC)cc2)cc1. The lowest BCUT2D eigenvalue weighted by atomic mass is 10.2. The van der Waals surface area contributed by atoms with E-state index < -0.39 is 5.91 Å². The number of nitrogens with zero attached hydrogens (tertiary/aromatic N) is 2. The van der Waals surface area contributed by atoms with Crippen LogP contribution >= 0.6 is 11.9 Å². The monoisotopic (exact) mass is 391 g/mol. The average molecular weight is 391 g/mol. The summed E-state index contributed by atoms with van der Waals surface area (Å²) in [5, 5.41) is 2.43. The molecule has 0 aliphatic rings. The van der Waals surface area contributed by atoms with Gasteiger partial charge >= 0.3 is 0 Å². The highest BCUT2D eigenvalue weighted by Gasteiger charge is 2.14. The van der Waals surface area contributed by atoms with Crippen molar-refractivity contribution in [2.45, 2.75) is 25.3 Å². The lowest BCUT2D eigenvalue weighted by Gasteiger charge is -2.20. The first-order chi connectivity index (χ1) is 13.1. The van der Waals surface area contributed by atoms with E-state index in [9.17, 15) is 9.70 Å². The number of hydrogen-bond donors (Lipinski definition) is 1. The Balaban J connectivity index is 0.00000176. The van der Waals surface area contributed by atoms with Crippen molar-refractivity contribution >= 4 is 17.9 Å². The van der Waals surface area contributed by atoms with Gasteiger partial charge in [-0.2, -0.15) is 0 Å². The van der Waals surface area contributed by atoms with Gasteiger partial charge in [0.25, 0.3) is 5.91 Å². The number of carbonyl (C=O) groups is 1. The number of ether oxygens (including phenoxy) is 2. The summed E-state index contributed by atoms with van der Waals surface area (Å²) >= 11 is 1.41. The summed E-state index contributed by atoms with van der Waals surface area (Å²) in [5.41, 5.74) is 2.93. The smallest absolute Gasteiger partial charge is 0.257 e. The second-order valence-corrected chi connectivity index (χ2v) is 6.21. The van der Waals surface area contributed by atoms with Crippen LogP contribution in [0.2, 0.25) is 0 Å². The summed E-state index contributed by atoms with van der Waals surface area (Å²) in [6.07, 6.45) is 0. The average Bonchev–Trinajstić information content (AvgIpc) is 2.71. The Kier molecular flexibility index (Phi) is 10.6. The van der Waals surface area contributed by atoms with E-state index in [0.717, 1.165) is 22.0 Å². The number of amides is 1. The van der Waals surface area contributed by atoms with Crippen LogP contribution in [0.25, 0.3) is 0 Å². The van der Waals surface area contributed by atoms with Crippen molar-refractivity contribution in [1.29, 1.82) is 0 Å². The van der Waals surface area contributed by atoms with Gasteiger partial charge in [0, 0.05) is 11.4 Å². The fourth-order valence-corrected chi connectivity index (χ4v) is 3.04. The predicted molar refractivity (Wildman–Crippen MR) is 108 cm³/mol. The van der Waals surface area contributed by atoms with Gasteiger partial charge in [-0.1, -0.05) is 26.0 Å². The molecule has 0 fully saturated rings. The molecule has 0 atom stereocenters. The van der Waals surface area contributed by atoms with E-state index in [0.29, 0.717) is 6.54 Å². The van der Waals surface area contributed by atoms with E-state index in [1.807, 2.05) is 72.1 Å². The molecule has 7 nitrogen and oxygen atoms in total. The molecule has 0 aromatic heterocycles. The molecule has 0 aliphatic carbocycles. The normalized spacial score (nSPS) is 9.81. The highest BCUT2D eigenvalue weighted by Crippen LogP contribution is 2.26. The maximum atomic E-state index is 11.7. The van der Waals surface area contributed by atoms with Gasteiger partial charge in [0.05, 0.1) is 26.1 Å². The van der Waals surface area contributed by atoms with E-state index in [-0.39, 0.29) is 6.54 Å². The minimum Gasteiger partial charge on any atom is -0.497 e. The van der Waals surface area contributed by atoms with Gasteiger partial charge in [0.2, 0.25) is 0 Å². The summed E-state index contributed by atoms with van der Waals surface area (Å²) in [6.45, 7) is 4.53. The Labute approximate surface area is 164 Å². The summed E-state index contributed by atoms with van der Waals surface area (Å²) < 4.78 is 12.1. The maximum Gasteiger partial charge on any atom is 0.257 e. The molecule has 146 valence electrons. The molecule has 0 radical (unpaired) electrons. The van der Waals surface area contributed by atoms with Crippen LogP contribution in [-0.4, -0.2) is 31.0 Å². The Hall–Kier alpha value is -2.58. The third-order valence-electron chi connectivity index (χ3n) is 3.30. The van der Waals surface area contributed by atoms with Gasteiger partial charge in [-0.3, -0.25) is 4.79 Å². The standard InChI is InChI=1S/C17H19N3O4S.C2H6/c1-23-14-5-3-13(4-6-14)11-20(12-17(21)18-19-22)25-16-9-7-15(24-2)8-10-16;1-2/h3-10H,11-12H2,1-2H3,(H,18,21,22);1-2H3. The van der Waals surface area contributed by atoms with Gasteiger partial charge in [0.1, 0.15) is 11.5 Å². The van der Waals surface area contributed by atoms with Crippen LogP contribution in [0.15, 0.2) is 58.7 Å². The lowest BCUT2D eigenvalue weighted by molar-refractivity contribution is -0.121. The van der Waals surface area contributed by atoms with Gasteiger partial charge in [-0.25, -0.2) is 9.73 Å². The number of methoxy groups -OCH3 is 2. The number of nitroso groups, excluding NO2 is 1. The molecule has 0 bridgehead atoms. The molecule has 0 saturated carbocycles. The van der Waals surface area contributed by atoms with Crippen molar-refractivity contribution in [2.75, 3.05) is 20.8 Å². The molecule has 2 aromatic rings. The molecule has 2 aromatic carbocycles. The van der Waals surface area contributed by atoms with Crippen molar-refractivity contribution in [3.8, 4) is 11.5 Å². The van der Waals surface area contributed by atoms with Crippen LogP contribution in [0.3, 0.4) is 0 Å². The van der Waals surface area contributed by atoms with E-state index in [1.165, 1.54) is 11.9 Å². The number of hydrogen-bond acceptors (Lipinski definition) is 7. The highest BCUT2D eigenvalue weighted by atomic mass is 32.2. The summed E-state index contributed by atoms with van der Waals surface area (Å²) in [4.78, 5) is 22.9. The number of carbonyl (C=O) groups excluding carboxylic acids is 1. The zero-order valence-electron chi connectivity index (χ0n) is 16.0. The number of rotatable bonds is 9. The zero-order valence-corrected chi connectivity index (χ0v) is 16.8. The molecule has 27 heavy (non-hydrogen) atoms. The quantitative estimate of drug-likeness (QED) is 0.395. The zero-order chi connectivity index (χ0) is 20.1. The molecule has 0 unspecified atom stereocenters. The molecule has 1 N–H and O–H groups in total. The van der Waals surface area contributed by atoms with E-state index >= 15 is 0 Å². The summed E-state index contributed by atoms with van der Waals surface area (Å²) in [5.74, 6) is 1.06. The third kappa shape index (κ3) is 8.10. The molecule has 2 rings (SSSR count). The third-order valence-corrected chi connectivity index (χ3v) is 4.30. The fourth-order valence-electron chi connectivity index (χ4n) is 2.09. The van der Waals surface area contributed by atoms with Crippen LogP contribution in [0.5, 0.6) is 11.5 Å². The van der Waals surface area contributed by atoms with E-state index in [1.54, 1.807) is 14.2 Å². The first kappa shape index (κ1) is 22.5. The Morgan fingerprint density at radius 1 is 1.00 bits per heavy atom. The Morgan fingerprint density at radius 3 is 2.00 bits per heavy atom. The molecule has 0 spiro atoms. The maximum absolute atomic E-state index is 11.7. The van der Waals surface area contributed by atoms with Crippen molar-refractivity contribution in [3.63, 3.8) is 0 Å². The molecule has 0 heterocycles. The highest BCUT2D eigenvalue weighted by molar-refractivity contribution is 7.97. The molecule has 0 aliphatic heterocycles. The Bertz CT molecular complexity index is 644. The van der Waals surface area contributed by atoms with Crippen molar-refractivity contribution < 1.29 is 14.3 Å². The minimum atomic E-state index is -0.468. The van der Waals surface area contributed by atoms with Crippen molar-refractivity contribution in [1.82, 2.24) is 9.73 Å². The molecular formula is C19H25N3O4S. The van der Waals surface area contributed by atoms with Crippen LogP contribution in [0.1, 0.15) is 19.4 Å². The first-order valence-electron chi connectivity index (χ1n) is 8.45. The van der Waals surface area contributed by atoms with Crippen molar-refractivity contribution in [3.05, 3.63) is 59.0 Å². The van der Waals surface area contributed by atoms with E-state index in [4.69, 9.17) is 9.47 Å². The Morgan fingerprint density at radius 2 is 1.52 bits per heavy atom.